The molecule has 3 rings (SSSR count). The van der Waals surface area contributed by atoms with Gasteiger partial charge in [0.2, 0.25) is 0 Å². The first-order valence-corrected chi connectivity index (χ1v) is 9.93. The zero-order valence-corrected chi connectivity index (χ0v) is 17.7. The minimum Gasteiger partial charge on any atom is -0.481 e. The van der Waals surface area contributed by atoms with E-state index in [1.165, 1.54) is 14.2 Å². The van der Waals surface area contributed by atoms with Crippen molar-refractivity contribution >= 4 is 33.5 Å². The molecular formula is C24H26O6. The lowest BCUT2D eigenvalue weighted by Crippen LogP contribution is -2.14. The molecule has 0 saturated heterocycles. The van der Waals surface area contributed by atoms with E-state index in [4.69, 9.17) is 18.9 Å². The molecule has 0 aromatic heterocycles. The van der Waals surface area contributed by atoms with Gasteiger partial charge in [-0.05, 0) is 30.0 Å². The Bertz CT molecular complexity index is 1090. The first-order valence-electron chi connectivity index (χ1n) is 9.93. The van der Waals surface area contributed by atoms with E-state index in [0.717, 1.165) is 45.5 Å². The summed E-state index contributed by atoms with van der Waals surface area (Å²) < 4.78 is 21.4. The van der Waals surface area contributed by atoms with Crippen molar-refractivity contribution in [1.29, 1.82) is 0 Å². The summed E-state index contributed by atoms with van der Waals surface area (Å²) >= 11 is 0. The van der Waals surface area contributed by atoms with Crippen LogP contribution in [0.4, 0.5) is 0 Å². The van der Waals surface area contributed by atoms with Crippen molar-refractivity contribution in [2.45, 2.75) is 26.7 Å². The van der Waals surface area contributed by atoms with Gasteiger partial charge in [0.15, 0.2) is 13.2 Å². The van der Waals surface area contributed by atoms with Crippen LogP contribution in [0.3, 0.4) is 0 Å². The number of methoxy groups -OCH3 is 2. The van der Waals surface area contributed by atoms with Gasteiger partial charge in [-0.3, -0.25) is 0 Å². The van der Waals surface area contributed by atoms with Gasteiger partial charge in [-0.2, -0.15) is 0 Å². The Hall–Kier alpha value is -3.28. The van der Waals surface area contributed by atoms with Crippen LogP contribution in [0, 0.1) is 0 Å². The number of rotatable bonds is 8. The van der Waals surface area contributed by atoms with Crippen molar-refractivity contribution in [2.24, 2.45) is 0 Å². The maximum Gasteiger partial charge on any atom is 0.343 e. The number of benzene rings is 3. The molecule has 0 aliphatic carbocycles. The summed E-state index contributed by atoms with van der Waals surface area (Å²) in [5.41, 5.74) is 2.23. The van der Waals surface area contributed by atoms with Crippen LogP contribution < -0.4 is 9.47 Å². The number of hydrogen-bond donors (Lipinski definition) is 0. The second-order valence-electron chi connectivity index (χ2n) is 6.82. The van der Waals surface area contributed by atoms with E-state index in [0.29, 0.717) is 11.5 Å². The summed E-state index contributed by atoms with van der Waals surface area (Å²) in [5.74, 6) is 0.291. The Balaban J connectivity index is 2.35. The predicted molar refractivity (Wildman–Crippen MR) is 115 cm³/mol. The molecule has 0 N–H and O–H groups in total. The van der Waals surface area contributed by atoms with Crippen molar-refractivity contribution in [1.82, 2.24) is 0 Å². The van der Waals surface area contributed by atoms with E-state index in [1.54, 1.807) is 0 Å². The summed E-state index contributed by atoms with van der Waals surface area (Å²) in [4.78, 5) is 23.5. The maximum atomic E-state index is 11.8. The number of fused-ring (bicyclic) bond motifs is 2. The van der Waals surface area contributed by atoms with Gasteiger partial charge >= 0.3 is 11.9 Å². The molecule has 3 aromatic rings. The summed E-state index contributed by atoms with van der Waals surface area (Å²) in [7, 11) is 2.66. The fraction of sp³-hybridized carbons (Fsp3) is 0.333. The molecule has 3 aromatic carbocycles. The Morgan fingerprint density at radius 3 is 1.87 bits per heavy atom. The largest absolute Gasteiger partial charge is 0.481 e. The number of carbonyl (C=O) groups excluding carboxylic acids is 2. The zero-order chi connectivity index (χ0) is 21.7. The van der Waals surface area contributed by atoms with Crippen LogP contribution in [-0.4, -0.2) is 39.4 Å². The van der Waals surface area contributed by atoms with E-state index >= 15 is 0 Å². The van der Waals surface area contributed by atoms with Crippen LogP contribution in [0.15, 0.2) is 36.4 Å². The summed E-state index contributed by atoms with van der Waals surface area (Å²) in [6.45, 7) is 3.76. The van der Waals surface area contributed by atoms with E-state index in [-0.39, 0.29) is 13.2 Å². The van der Waals surface area contributed by atoms with E-state index in [1.807, 2.05) is 24.3 Å². The molecule has 0 fully saturated rings. The van der Waals surface area contributed by atoms with Gasteiger partial charge in [0.1, 0.15) is 11.5 Å². The van der Waals surface area contributed by atoms with Gasteiger partial charge in [-0.1, -0.05) is 44.2 Å². The molecule has 0 aliphatic heterocycles. The molecule has 0 atom stereocenters. The highest BCUT2D eigenvalue weighted by atomic mass is 16.6. The monoisotopic (exact) mass is 410 g/mol. The second-order valence-corrected chi connectivity index (χ2v) is 6.82. The van der Waals surface area contributed by atoms with Crippen molar-refractivity contribution in [3.8, 4) is 11.5 Å². The first kappa shape index (κ1) is 21.4. The minimum atomic E-state index is -0.458. The molecule has 0 aliphatic rings. The highest BCUT2D eigenvalue weighted by molar-refractivity contribution is 6.12. The van der Waals surface area contributed by atoms with Gasteiger partial charge in [-0.25, -0.2) is 9.59 Å². The van der Waals surface area contributed by atoms with Gasteiger partial charge < -0.3 is 18.9 Å². The fourth-order valence-corrected chi connectivity index (χ4v) is 3.54. The Kier molecular flexibility index (Phi) is 6.77. The number of hydrogen-bond acceptors (Lipinski definition) is 6. The van der Waals surface area contributed by atoms with Crippen LogP contribution in [0.5, 0.6) is 11.5 Å². The van der Waals surface area contributed by atoms with Gasteiger partial charge in [-0.15, -0.1) is 0 Å². The lowest BCUT2D eigenvalue weighted by Gasteiger charge is -2.20. The Labute approximate surface area is 175 Å². The molecule has 0 amide bonds. The van der Waals surface area contributed by atoms with Crippen LogP contribution in [-0.2, 0) is 31.9 Å². The van der Waals surface area contributed by atoms with E-state index in [2.05, 4.69) is 26.0 Å². The number of carbonyl (C=O) groups is 2. The van der Waals surface area contributed by atoms with Crippen LogP contribution >= 0.6 is 0 Å². The molecule has 6 nitrogen and oxygen atoms in total. The third-order valence-corrected chi connectivity index (χ3v) is 5.08. The smallest absolute Gasteiger partial charge is 0.343 e. The normalized spacial score (nSPS) is 10.8. The summed E-state index contributed by atoms with van der Waals surface area (Å²) in [6, 6.07) is 11.8. The predicted octanol–water partition coefficient (Wildman–Crippen LogP) is 4.22. The SMILES string of the molecule is CCc1cc(CC)c2c(OCC(=O)OC)c3ccccc3c(OCC(=O)OC)c2c1. The van der Waals surface area contributed by atoms with Crippen LogP contribution in [0.25, 0.3) is 21.5 Å². The molecule has 0 saturated carbocycles. The molecule has 158 valence electrons. The van der Waals surface area contributed by atoms with E-state index in [9.17, 15) is 9.59 Å². The highest BCUT2D eigenvalue weighted by Gasteiger charge is 2.20. The topological polar surface area (TPSA) is 71.1 Å². The molecule has 0 radical (unpaired) electrons. The van der Waals surface area contributed by atoms with Gasteiger partial charge in [0, 0.05) is 21.5 Å². The van der Waals surface area contributed by atoms with Crippen molar-refractivity contribution < 1.29 is 28.5 Å². The lowest BCUT2D eigenvalue weighted by atomic mass is 9.93. The zero-order valence-electron chi connectivity index (χ0n) is 17.7. The third-order valence-electron chi connectivity index (χ3n) is 5.08. The average molecular weight is 410 g/mol. The lowest BCUT2D eigenvalue weighted by molar-refractivity contribution is -0.143. The molecule has 0 unspecified atom stereocenters. The van der Waals surface area contributed by atoms with Gasteiger partial charge in [0.25, 0.3) is 0 Å². The summed E-state index contributed by atoms with van der Waals surface area (Å²) in [5, 5.41) is 3.31. The van der Waals surface area contributed by atoms with E-state index < -0.39 is 11.9 Å². The molecule has 0 bridgehead atoms. The number of aryl methyl sites for hydroxylation is 2. The molecule has 0 spiro atoms. The van der Waals surface area contributed by atoms with Crippen molar-refractivity contribution in [3.63, 3.8) is 0 Å². The molecule has 0 heterocycles. The summed E-state index contributed by atoms with van der Waals surface area (Å²) in [6.07, 6.45) is 1.62. The van der Waals surface area contributed by atoms with Crippen molar-refractivity contribution in [2.75, 3.05) is 27.4 Å². The standard InChI is InChI=1S/C24H26O6/c1-5-15-11-16(6-2)22-19(12-15)23(29-13-20(25)27-3)17-9-7-8-10-18(17)24(22)30-14-21(26)28-4/h7-12H,5-6,13-14H2,1-4H3. The molecular weight excluding hydrogens is 384 g/mol. The number of ether oxygens (including phenoxy) is 4. The first-order chi connectivity index (χ1) is 14.5. The number of esters is 2. The van der Waals surface area contributed by atoms with Crippen molar-refractivity contribution in [3.05, 3.63) is 47.5 Å². The minimum absolute atomic E-state index is 0.198. The average Bonchev–Trinajstić information content (AvgIpc) is 2.79. The maximum absolute atomic E-state index is 11.8. The fourth-order valence-electron chi connectivity index (χ4n) is 3.54. The molecule has 6 heteroatoms. The Morgan fingerprint density at radius 1 is 0.767 bits per heavy atom. The van der Waals surface area contributed by atoms with Crippen LogP contribution in [0.2, 0.25) is 0 Å². The van der Waals surface area contributed by atoms with Crippen LogP contribution in [0.1, 0.15) is 25.0 Å². The molecule has 30 heavy (non-hydrogen) atoms. The highest BCUT2D eigenvalue weighted by Crippen LogP contribution is 2.45. The third kappa shape index (κ3) is 4.17. The second kappa shape index (κ2) is 9.48. The Morgan fingerprint density at radius 2 is 1.33 bits per heavy atom. The van der Waals surface area contributed by atoms with Gasteiger partial charge in [0.05, 0.1) is 14.2 Å². The quantitative estimate of drug-likeness (QED) is 0.409.